The summed E-state index contributed by atoms with van der Waals surface area (Å²) in [5.74, 6) is 4.27. The molecule has 0 fully saturated rings. The lowest BCUT2D eigenvalue weighted by Gasteiger charge is -2.09. The molecule has 0 bridgehead atoms. The first-order valence-corrected chi connectivity index (χ1v) is 4.30. The van der Waals surface area contributed by atoms with Gasteiger partial charge in [0.15, 0.2) is 6.10 Å². The van der Waals surface area contributed by atoms with Gasteiger partial charge < -0.3 is 4.74 Å². The zero-order valence-electron chi connectivity index (χ0n) is 7.29. The second kappa shape index (κ2) is 6.21. The lowest BCUT2D eigenvalue weighted by Crippen LogP contribution is -2.27. The third kappa shape index (κ3) is 4.47. The third-order valence-corrected chi connectivity index (χ3v) is 2.03. The van der Waals surface area contributed by atoms with Crippen molar-refractivity contribution in [2.45, 2.75) is 17.9 Å². The Labute approximate surface area is 86.5 Å². The van der Waals surface area contributed by atoms with Gasteiger partial charge in [-0.15, -0.1) is 23.2 Å². The normalized spacial score (nSPS) is 14.5. The van der Waals surface area contributed by atoms with Crippen molar-refractivity contribution in [1.82, 2.24) is 0 Å². The number of rotatable bonds is 4. The van der Waals surface area contributed by atoms with Crippen LogP contribution in [-0.2, 0) is 14.4 Å². The van der Waals surface area contributed by atoms with Gasteiger partial charge in [0.25, 0.3) is 0 Å². The van der Waals surface area contributed by atoms with Gasteiger partial charge in [-0.2, -0.15) is 0 Å². The molecule has 0 aliphatic carbocycles. The highest BCUT2D eigenvalue weighted by Gasteiger charge is 2.17. The van der Waals surface area contributed by atoms with E-state index in [1.54, 1.807) is 6.92 Å². The number of allylic oxidation sites excluding steroid dienone is 1. The highest BCUT2D eigenvalue weighted by molar-refractivity contribution is 6.46. The van der Waals surface area contributed by atoms with E-state index in [2.05, 4.69) is 9.57 Å². The van der Waals surface area contributed by atoms with Crippen LogP contribution in [0.4, 0.5) is 0 Å². The molecule has 76 valence electrons. The summed E-state index contributed by atoms with van der Waals surface area (Å²) < 4.78 is 4.41. The van der Waals surface area contributed by atoms with E-state index in [1.807, 2.05) is 0 Å². The van der Waals surface area contributed by atoms with Gasteiger partial charge in [0.1, 0.15) is 4.84 Å². The van der Waals surface area contributed by atoms with Gasteiger partial charge in [-0.1, -0.05) is 0 Å². The van der Waals surface area contributed by atoms with E-state index in [0.29, 0.717) is 5.57 Å². The molecule has 0 aromatic rings. The van der Waals surface area contributed by atoms with Crippen LogP contribution in [0.15, 0.2) is 11.6 Å². The molecule has 0 spiro atoms. The van der Waals surface area contributed by atoms with E-state index < -0.39 is 16.9 Å². The van der Waals surface area contributed by atoms with Crippen LogP contribution in [-0.4, -0.2) is 24.0 Å². The fourth-order valence-corrected chi connectivity index (χ4v) is 0.736. The maximum absolute atomic E-state index is 10.9. The number of carbonyl (C=O) groups is 1. The molecule has 1 unspecified atom stereocenters. The maximum Gasteiger partial charge on any atom is 0.341 e. The molecule has 0 aliphatic heterocycles. The highest BCUT2D eigenvalue weighted by atomic mass is 35.5. The summed E-state index contributed by atoms with van der Waals surface area (Å²) in [6.45, 7) is 1.65. The summed E-state index contributed by atoms with van der Waals surface area (Å²) in [6.07, 6.45) is 0.432. The molecule has 13 heavy (non-hydrogen) atoms. The van der Waals surface area contributed by atoms with E-state index >= 15 is 0 Å². The van der Waals surface area contributed by atoms with Gasteiger partial charge in [0, 0.05) is 0 Å². The predicted molar refractivity (Wildman–Crippen MR) is 50.3 cm³/mol. The maximum atomic E-state index is 10.9. The van der Waals surface area contributed by atoms with Crippen LogP contribution in [0.5, 0.6) is 0 Å². The van der Waals surface area contributed by atoms with E-state index in [9.17, 15) is 4.79 Å². The Balaban J connectivity index is 4.43. The van der Waals surface area contributed by atoms with Gasteiger partial charge in [0.05, 0.1) is 7.11 Å². The summed E-state index contributed by atoms with van der Waals surface area (Å²) in [5.41, 5.74) is 0.573. The van der Waals surface area contributed by atoms with Gasteiger partial charge in [0.2, 0.25) is 0 Å². The SMILES string of the molecule is COC(=O)C(C=C(C)C(Cl)Cl)ON. The van der Waals surface area contributed by atoms with Crippen LogP contribution in [0.25, 0.3) is 0 Å². The van der Waals surface area contributed by atoms with Crippen molar-refractivity contribution in [2.24, 2.45) is 5.90 Å². The minimum absolute atomic E-state index is 0.573. The van der Waals surface area contributed by atoms with Crippen molar-refractivity contribution in [3.05, 3.63) is 11.6 Å². The zero-order valence-corrected chi connectivity index (χ0v) is 8.80. The Kier molecular flexibility index (Phi) is 6.07. The van der Waals surface area contributed by atoms with Crippen molar-refractivity contribution >= 4 is 29.2 Å². The van der Waals surface area contributed by atoms with Crippen LogP contribution in [0, 0.1) is 0 Å². The molecule has 0 aromatic carbocycles. The quantitative estimate of drug-likeness (QED) is 0.339. The molecular weight excluding hydrogens is 217 g/mol. The first kappa shape index (κ1) is 12.7. The largest absolute Gasteiger partial charge is 0.467 e. The molecule has 0 rings (SSSR count). The van der Waals surface area contributed by atoms with E-state index in [0.717, 1.165) is 0 Å². The molecule has 2 N–H and O–H groups in total. The molecule has 0 radical (unpaired) electrons. The molecule has 0 saturated carbocycles. The molecular formula is C7H11Cl2NO3. The summed E-state index contributed by atoms with van der Waals surface area (Å²) >= 11 is 11.1. The number of halogens is 2. The number of hydrogen-bond donors (Lipinski definition) is 1. The topological polar surface area (TPSA) is 61.5 Å². The summed E-state index contributed by atoms with van der Waals surface area (Å²) in [5, 5.41) is 0. The molecule has 4 nitrogen and oxygen atoms in total. The van der Waals surface area contributed by atoms with Crippen LogP contribution in [0.1, 0.15) is 6.92 Å². The average Bonchev–Trinajstić information content (AvgIpc) is 2.12. The molecule has 0 amide bonds. The van der Waals surface area contributed by atoms with E-state index in [4.69, 9.17) is 29.1 Å². The minimum atomic E-state index is -0.968. The minimum Gasteiger partial charge on any atom is -0.467 e. The average molecular weight is 228 g/mol. The van der Waals surface area contributed by atoms with Crippen LogP contribution in [0.3, 0.4) is 0 Å². The Morgan fingerprint density at radius 2 is 2.08 bits per heavy atom. The Morgan fingerprint density at radius 3 is 2.38 bits per heavy atom. The number of hydrogen-bond acceptors (Lipinski definition) is 4. The Bertz CT molecular complexity index is 206. The van der Waals surface area contributed by atoms with Crippen molar-refractivity contribution in [2.75, 3.05) is 7.11 Å². The van der Waals surface area contributed by atoms with Crippen molar-refractivity contribution in [3.63, 3.8) is 0 Å². The second-order valence-electron chi connectivity index (χ2n) is 2.29. The van der Waals surface area contributed by atoms with Gasteiger partial charge >= 0.3 is 5.97 Å². The van der Waals surface area contributed by atoms with Crippen LogP contribution < -0.4 is 5.90 Å². The lowest BCUT2D eigenvalue weighted by atomic mass is 10.2. The summed E-state index contributed by atoms with van der Waals surface area (Å²) in [7, 11) is 1.23. The first-order valence-electron chi connectivity index (χ1n) is 3.42. The molecule has 6 heteroatoms. The zero-order chi connectivity index (χ0) is 10.4. The van der Waals surface area contributed by atoms with Crippen molar-refractivity contribution in [1.29, 1.82) is 0 Å². The predicted octanol–water partition coefficient (Wildman–Crippen LogP) is 1.17. The lowest BCUT2D eigenvalue weighted by molar-refractivity contribution is -0.151. The summed E-state index contributed by atoms with van der Waals surface area (Å²) in [4.78, 5) is 14.6. The van der Waals surface area contributed by atoms with Crippen LogP contribution >= 0.6 is 23.2 Å². The standard InChI is InChI=1S/C7H11Cl2NO3/c1-4(6(8)9)3-5(13-10)7(11)12-2/h3,5-6H,10H2,1-2H3. The molecule has 1 atom stereocenters. The second-order valence-corrected chi connectivity index (χ2v) is 3.39. The fourth-order valence-electron chi connectivity index (χ4n) is 0.591. The fraction of sp³-hybridized carbons (Fsp3) is 0.571. The van der Waals surface area contributed by atoms with E-state index in [1.165, 1.54) is 13.2 Å². The number of esters is 1. The highest BCUT2D eigenvalue weighted by Crippen LogP contribution is 2.14. The third-order valence-electron chi connectivity index (χ3n) is 1.34. The van der Waals surface area contributed by atoms with Crippen molar-refractivity contribution < 1.29 is 14.4 Å². The molecule has 0 aliphatic rings. The monoisotopic (exact) mass is 227 g/mol. The number of nitrogens with two attached hydrogens (primary N) is 1. The number of carbonyl (C=O) groups excluding carboxylic acids is 1. The van der Waals surface area contributed by atoms with Gasteiger partial charge in [-0.25, -0.2) is 10.7 Å². The van der Waals surface area contributed by atoms with Gasteiger partial charge in [-0.3, -0.25) is 4.84 Å². The van der Waals surface area contributed by atoms with E-state index in [-0.39, 0.29) is 0 Å². The number of methoxy groups -OCH3 is 1. The molecule has 0 heterocycles. The molecule has 0 aromatic heterocycles. The Morgan fingerprint density at radius 1 is 1.54 bits per heavy atom. The van der Waals surface area contributed by atoms with Crippen molar-refractivity contribution in [3.8, 4) is 0 Å². The molecule has 0 saturated heterocycles. The van der Waals surface area contributed by atoms with Crippen LogP contribution in [0.2, 0.25) is 0 Å². The first-order chi connectivity index (χ1) is 6.02. The van der Waals surface area contributed by atoms with Gasteiger partial charge in [-0.05, 0) is 18.6 Å². The number of ether oxygens (including phenoxy) is 1. The smallest absolute Gasteiger partial charge is 0.341 e. The summed E-state index contributed by atoms with van der Waals surface area (Å²) in [6, 6.07) is 0. The Hall–Kier alpha value is -0.290. The number of alkyl halides is 2.